The molecule has 0 amide bonds. The third kappa shape index (κ3) is 26.7. The molecular formula is C28H52O4. The van der Waals surface area contributed by atoms with Crippen molar-refractivity contribution in [2.45, 2.75) is 148 Å². The first kappa shape index (κ1) is 30.7. The van der Waals surface area contributed by atoms with Crippen LogP contribution in [0, 0.1) is 0 Å². The van der Waals surface area contributed by atoms with Gasteiger partial charge in [-0.05, 0) is 44.9 Å². The Labute approximate surface area is 198 Å². The summed E-state index contributed by atoms with van der Waals surface area (Å²) in [5.74, 6) is -0.717. The van der Waals surface area contributed by atoms with Gasteiger partial charge in [-0.25, -0.2) is 0 Å². The molecule has 4 heteroatoms. The Balaban J connectivity index is 3.21. The van der Waals surface area contributed by atoms with Crippen LogP contribution in [0.15, 0.2) is 12.2 Å². The lowest BCUT2D eigenvalue weighted by Gasteiger charge is -2.05. The van der Waals surface area contributed by atoms with Crippen LogP contribution in [0.3, 0.4) is 0 Å². The van der Waals surface area contributed by atoms with Crippen molar-refractivity contribution in [2.75, 3.05) is 6.61 Å². The van der Waals surface area contributed by atoms with Gasteiger partial charge in [0.2, 0.25) is 0 Å². The Hall–Kier alpha value is -1.32. The maximum Gasteiger partial charge on any atom is 0.305 e. The van der Waals surface area contributed by atoms with E-state index >= 15 is 0 Å². The number of esters is 1. The smallest absolute Gasteiger partial charge is 0.305 e. The molecule has 0 aliphatic carbocycles. The standard InChI is InChI=1S/C28H52O4/c1-2-3-4-5-6-7-8-9-10-13-16-19-22-25-28(31)32-26-23-20-17-14-11-12-15-18-21-24-27(29)30/h7-8H,2-6,9-26H2,1H3,(H,29,30)/b8-7-. The lowest BCUT2D eigenvalue weighted by Crippen LogP contribution is -2.05. The topological polar surface area (TPSA) is 63.6 Å². The van der Waals surface area contributed by atoms with Gasteiger partial charge >= 0.3 is 11.9 Å². The van der Waals surface area contributed by atoms with Crippen LogP contribution in [-0.2, 0) is 14.3 Å². The summed E-state index contributed by atoms with van der Waals surface area (Å²) < 4.78 is 5.34. The molecule has 0 atom stereocenters. The first-order chi connectivity index (χ1) is 15.7. The molecule has 32 heavy (non-hydrogen) atoms. The monoisotopic (exact) mass is 452 g/mol. The first-order valence-corrected chi connectivity index (χ1v) is 13.7. The Bertz CT molecular complexity index is 445. The summed E-state index contributed by atoms with van der Waals surface area (Å²) in [6.07, 6.45) is 29.1. The highest BCUT2D eigenvalue weighted by Gasteiger charge is 2.02. The van der Waals surface area contributed by atoms with E-state index < -0.39 is 5.97 Å². The molecule has 0 spiro atoms. The molecule has 4 nitrogen and oxygen atoms in total. The van der Waals surface area contributed by atoms with Crippen LogP contribution in [0.5, 0.6) is 0 Å². The van der Waals surface area contributed by atoms with E-state index in [0.717, 1.165) is 44.9 Å². The molecule has 0 rings (SSSR count). The van der Waals surface area contributed by atoms with Crippen LogP contribution in [0.2, 0.25) is 0 Å². The van der Waals surface area contributed by atoms with E-state index in [-0.39, 0.29) is 5.97 Å². The second kappa shape index (κ2) is 25.9. The van der Waals surface area contributed by atoms with E-state index in [1.54, 1.807) is 0 Å². The number of carbonyl (C=O) groups is 2. The number of ether oxygens (including phenoxy) is 1. The number of carbonyl (C=O) groups excluding carboxylic acids is 1. The van der Waals surface area contributed by atoms with Crippen LogP contribution < -0.4 is 0 Å². The fourth-order valence-electron chi connectivity index (χ4n) is 3.86. The number of carboxylic acids is 1. The van der Waals surface area contributed by atoms with E-state index in [4.69, 9.17) is 9.84 Å². The van der Waals surface area contributed by atoms with Crippen molar-refractivity contribution in [3.8, 4) is 0 Å². The number of allylic oxidation sites excluding steroid dienone is 2. The summed E-state index contributed by atoms with van der Waals surface area (Å²) in [4.78, 5) is 22.2. The normalized spacial score (nSPS) is 11.3. The van der Waals surface area contributed by atoms with Crippen molar-refractivity contribution in [2.24, 2.45) is 0 Å². The second-order valence-corrected chi connectivity index (χ2v) is 9.17. The van der Waals surface area contributed by atoms with Crippen molar-refractivity contribution in [3.05, 3.63) is 12.2 Å². The van der Waals surface area contributed by atoms with Gasteiger partial charge < -0.3 is 9.84 Å². The van der Waals surface area contributed by atoms with E-state index in [0.29, 0.717) is 19.4 Å². The number of hydrogen-bond donors (Lipinski definition) is 1. The summed E-state index contributed by atoms with van der Waals surface area (Å²) in [6, 6.07) is 0. The highest BCUT2D eigenvalue weighted by atomic mass is 16.5. The summed E-state index contributed by atoms with van der Waals surface area (Å²) in [7, 11) is 0. The van der Waals surface area contributed by atoms with Gasteiger partial charge in [0.1, 0.15) is 0 Å². The predicted molar refractivity (Wildman–Crippen MR) is 135 cm³/mol. The van der Waals surface area contributed by atoms with Crippen LogP contribution in [0.4, 0.5) is 0 Å². The highest BCUT2D eigenvalue weighted by molar-refractivity contribution is 5.69. The van der Waals surface area contributed by atoms with Gasteiger partial charge in [0.25, 0.3) is 0 Å². The minimum absolute atomic E-state index is 0.0302. The average molecular weight is 453 g/mol. The quantitative estimate of drug-likeness (QED) is 0.0854. The fourth-order valence-corrected chi connectivity index (χ4v) is 3.86. The number of rotatable bonds is 25. The first-order valence-electron chi connectivity index (χ1n) is 13.7. The molecule has 0 aromatic heterocycles. The molecule has 0 saturated carbocycles. The van der Waals surface area contributed by atoms with Gasteiger partial charge in [0.05, 0.1) is 6.61 Å². The average Bonchev–Trinajstić information content (AvgIpc) is 2.77. The van der Waals surface area contributed by atoms with Gasteiger partial charge in [0, 0.05) is 12.8 Å². The molecule has 0 aliphatic heterocycles. The van der Waals surface area contributed by atoms with Gasteiger partial charge in [-0.1, -0.05) is 103 Å². The molecule has 0 fully saturated rings. The maximum atomic E-state index is 11.8. The lowest BCUT2D eigenvalue weighted by molar-refractivity contribution is -0.144. The molecule has 0 aliphatic rings. The Morgan fingerprint density at radius 2 is 1.03 bits per heavy atom. The van der Waals surface area contributed by atoms with Gasteiger partial charge in [-0.3, -0.25) is 9.59 Å². The minimum atomic E-state index is -0.687. The molecule has 0 heterocycles. The number of aliphatic carboxylic acids is 1. The number of hydrogen-bond acceptors (Lipinski definition) is 3. The van der Waals surface area contributed by atoms with Crippen molar-refractivity contribution in [1.82, 2.24) is 0 Å². The molecule has 0 saturated heterocycles. The largest absolute Gasteiger partial charge is 0.481 e. The Kier molecular flexibility index (Phi) is 24.9. The van der Waals surface area contributed by atoms with Crippen molar-refractivity contribution >= 4 is 11.9 Å². The zero-order chi connectivity index (χ0) is 23.5. The van der Waals surface area contributed by atoms with Crippen molar-refractivity contribution in [1.29, 1.82) is 0 Å². The molecule has 0 unspecified atom stereocenters. The summed E-state index contributed by atoms with van der Waals surface area (Å²) in [5, 5.41) is 8.58. The van der Waals surface area contributed by atoms with Crippen LogP contribution in [0.1, 0.15) is 148 Å². The van der Waals surface area contributed by atoms with Gasteiger partial charge in [-0.2, -0.15) is 0 Å². The molecule has 0 aromatic carbocycles. The predicted octanol–water partition coefficient (Wildman–Crippen LogP) is 8.77. The minimum Gasteiger partial charge on any atom is -0.481 e. The number of carboxylic acid groups (broad SMARTS) is 1. The summed E-state index contributed by atoms with van der Waals surface area (Å²) >= 11 is 0. The van der Waals surface area contributed by atoms with Gasteiger partial charge in [-0.15, -0.1) is 0 Å². The summed E-state index contributed by atoms with van der Waals surface area (Å²) in [6.45, 7) is 2.82. The third-order valence-electron chi connectivity index (χ3n) is 5.94. The molecule has 0 bridgehead atoms. The Morgan fingerprint density at radius 1 is 0.594 bits per heavy atom. The zero-order valence-corrected chi connectivity index (χ0v) is 21.1. The fraction of sp³-hybridized carbons (Fsp3) is 0.857. The SMILES string of the molecule is CCCCCC/C=C\CCCCCCCC(=O)OCCCCCCCCCCCC(=O)O. The molecule has 0 radical (unpaired) electrons. The van der Waals surface area contributed by atoms with Crippen LogP contribution in [0.25, 0.3) is 0 Å². The van der Waals surface area contributed by atoms with Crippen molar-refractivity contribution in [3.63, 3.8) is 0 Å². The van der Waals surface area contributed by atoms with Crippen LogP contribution >= 0.6 is 0 Å². The van der Waals surface area contributed by atoms with Gasteiger partial charge in [0.15, 0.2) is 0 Å². The van der Waals surface area contributed by atoms with E-state index in [1.165, 1.54) is 83.5 Å². The van der Waals surface area contributed by atoms with E-state index in [2.05, 4.69) is 19.1 Å². The zero-order valence-electron chi connectivity index (χ0n) is 21.1. The number of unbranched alkanes of at least 4 members (excludes halogenated alkanes) is 17. The highest BCUT2D eigenvalue weighted by Crippen LogP contribution is 2.12. The Morgan fingerprint density at radius 3 is 1.56 bits per heavy atom. The van der Waals surface area contributed by atoms with Crippen molar-refractivity contribution < 1.29 is 19.4 Å². The molecule has 1 N–H and O–H groups in total. The van der Waals surface area contributed by atoms with E-state index in [9.17, 15) is 9.59 Å². The third-order valence-corrected chi connectivity index (χ3v) is 5.94. The lowest BCUT2D eigenvalue weighted by atomic mass is 10.1. The second-order valence-electron chi connectivity index (χ2n) is 9.17. The van der Waals surface area contributed by atoms with Crippen LogP contribution in [-0.4, -0.2) is 23.7 Å². The summed E-state index contributed by atoms with van der Waals surface area (Å²) in [5.41, 5.74) is 0. The molecule has 188 valence electrons. The maximum absolute atomic E-state index is 11.8. The molecule has 0 aromatic rings. The van der Waals surface area contributed by atoms with E-state index in [1.807, 2.05) is 0 Å². The molecular weight excluding hydrogens is 400 g/mol.